The molecule has 0 spiro atoms. The van der Waals surface area contributed by atoms with E-state index in [2.05, 4.69) is 0 Å². The average Bonchev–Trinajstić information content (AvgIpc) is 2.78. The molecule has 2 aromatic carbocycles. The summed E-state index contributed by atoms with van der Waals surface area (Å²) in [5.74, 6) is -1.91. The summed E-state index contributed by atoms with van der Waals surface area (Å²) >= 11 is 0. The van der Waals surface area contributed by atoms with Crippen LogP contribution in [0, 0.1) is 0 Å². The molecule has 0 saturated carbocycles. The lowest BCUT2D eigenvalue weighted by molar-refractivity contribution is -0.268. The quantitative estimate of drug-likeness (QED) is 0.302. The van der Waals surface area contributed by atoms with Crippen molar-refractivity contribution in [2.75, 3.05) is 7.11 Å². The molecular formula is C22H22O11. The van der Waals surface area contributed by atoms with Crippen LogP contribution in [0.4, 0.5) is 0 Å². The molecule has 4 rings (SSSR count). The number of hydrogen-bond donors (Lipinski definition) is 6. The Morgan fingerprint density at radius 2 is 1.64 bits per heavy atom. The molecule has 176 valence electrons. The molecular weight excluding hydrogens is 440 g/mol. The molecule has 1 aliphatic rings. The third kappa shape index (κ3) is 3.91. The van der Waals surface area contributed by atoms with E-state index in [0.29, 0.717) is 0 Å². The molecule has 33 heavy (non-hydrogen) atoms. The lowest BCUT2D eigenvalue weighted by atomic mass is 10.00. The Hall–Kier alpha value is -3.51. The Balaban J connectivity index is 1.93. The van der Waals surface area contributed by atoms with Gasteiger partial charge in [-0.25, -0.2) is 0 Å². The van der Waals surface area contributed by atoms with Crippen LogP contribution in [-0.4, -0.2) is 68.5 Å². The van der Waals surface area contributed by atoms with Gasteiger partial charge < -0.3 is 49.3 Å². The molecule has 0 bridgehead atoms. The molecule has 11 heteroatoms. The number of aromatic hydroxyl groups is 3. The average molecular weight is 462 g/mol. The molecule has 1 aliphatic heterocycles. The number of fused-ring (bicyclic) bond motifs is 1. The Bertz CT molecular complexity index is 1250. The second kappa shape index (κ2) is 8.45. The Morgan fingerprint density at radius 3 is 2.30 bits per heavy atom. The third-order valence-corrected chi connectivity index (χ3v) is 5.42. The van der Waals surface area contributed by atoms with Gasteiger partial charge in [0.25, 0.3) is 0 Å². The molecule has 0 radical (unpaired) electrons. The van der Waals surface area contributed by atoms with Gasteiger partial charge in [-0.1, -0.05) is 0 Å². The summed E-state index contributed by atoms with van der Waals surface area (Å²) in [7, 11) is 1.36. The molecule has 1 aromatic heterocycles. The van der Waals surface area contributed by atoms with Crippen molar-refractivity contribution < 1.29 is 49.3 Å². The van der Waals surface area contributed by atoms with Gasteiger partial charge in [-0.15, -0.1) is 0 Å². The number of phenolic OH excluding ortho intramolecular Hbond substituents is 3. The number of hydrogen-bond acceptors (Lipinski definition) is 11. The minimum absolute atomic E-state index is 0.0688. The van der Waals surface area contributed by atoms with Crippen LogP contribution in [0.1, 0.15) is 6.92 Å². The van der Waals surface area contributed by atoms with E-state index in [1.807, 2.05) is 0 Å². The van der Waals surface area contributed by atoms with Crippen LogP contribution in [0.3, 0.4) is 0 Å². The molecule has 1 fully saturated rings. The van der Waals surface area contributed by atoms with Crippen molar-refractivity contribution in [3.63, 3.8) is 0 Å². The third-order valence-electron chi connectivity index (χ3n) is 5.42. The van der Waals surface area contributed by atoms with E-state index in [4.69, 9.17) is 18.6 Å². The number of ether oxygens (including phenoxy) is 3. The normalized spacial score (nSPS) is 25.2. The van der Waals surface area contributed by atoms with Crippen LogP contribution >= 0.6 is 0 Å². The Kier molecular flexibility index (Phi) is 5.80. The van der Waals surface area contributed by atoms with Crippen molar-refractivity contribution in [1.29, 1.82) is 0 Å². The number of methoxy groups -OCH3 is 1. The van der Waals surface area contributed by atoms with Gasteiger partial charge in [0, 0.05) is 17.7 Å². The summed E-state index contributed by atoms with van der Waals surface area (Å²) in [5.41, 5.74) is -0.802. The summed E-state index contributed by atoms with van der Waals surface area (Å²) in [5, 5.41) is 60.0. The van der Waals surface area contributed by atoms with Gasteiger partial charge in [0.1, 0.15) is 40.8 Å². The van der Waals surface area contributed by atoms with Gasteiger partial charge in [-0.05, 0) is 25.1 Å². The molecule has 3 aromatic rings. The monoisotopic (exact) mass is 462 g/mol. The van der Waals surface area contributed by atoms with E-state index in [-0.39, 0.29) is 28.0 Å². The van der Waals surface area contributed by atoms with E-state index >= 15 is 0 Å². The van der Waals surface area contributed by atoms with Crippen LogP contribution in [0.25, 0.3) is 22.3 Å². The van der Waals surface area contributed by atoms with Crippen LogP contribution in [0.2, 0.25) is 0 Å². The number of aliphatic hydroxyl groups excluding tert-OH is 3. The van der Waals surface area contributed by atoms with E-state index in [9.17, 15) is 35.4 Å². The zero-order chi connectivity index (χ0) is 24.0. The fourth-order valence-electron chi connectivity index (χ4n) is 3.56. The van der Waals surface area contributed by atoms with Crippen LogP contribution in [0.5, 0.6) is 28.7 Å². The van der Waals surface area contributed by atoms with Crippen LogP contribution in [0.15, 0.2) is 39.5 Å². The highest BCUT2D eigenvalue weighted by Gasteiger charge is 2.44. The first-order valence-corrected chi connectivity index (χ1v) is 9.88. The maximum absolute atomic E-state index is 13.4. The first-order valence-electron chi connectivity index (χ1n) is 9.88. The topological polar surface area (TPSA) is 179 Å². The van der Waals surface area contributed by atoms with Gasteiger partial charge in [0.2, 0.25) is 17.5 Å². The zero-order valence-corrected chi connectivity index (χ0v) is 17.5. The number of benzene rings is 2. The van der Waals surface area contributed by atoms with Gasteiger partial charge in [0.15, 0.2) is 17.3 Å². The molecule has 2 heterocycles. The highest BCUT2D eigenvalue weighted by Crippen LogP contribution is 2.39. The zero-order valence-electron chi connectivity index (χ0n) is 17.5. The SMILES string of the molecule is COc1cc(O)c2c(=O)c(O[C@@H]3O[C@@H](C)[C@H](O)C(O)[C@H]3O)c(-c3ccc(O)c(O)c3)oc2c1. The standard InChI is InChI=1S/C22H22O11/c1-8-16(26)18(28)19(29)22(31-8)33-21-17(27)15-13(25)6-10(30-2)7-14(15)32-20(21)9-3-4-11(23)12(24)5-9/h3-8,16,18-19,22-26,28-29H,1-2H3/t8-,16-,18?,19+,22-/m0/s1. The van der Waals surface area contributed by atoms with E-state index in [0.717, 1.165) is 12.1 Å². The van der Waals surface area contributed by atoms with Crippen molar-refractivity contribution in [2.45, 2.75) is 37.6 Å². The summed E-state index contributed by atoms with van der Waals surface area (Å²) in [6.07, 6.45) is -7.26. The maximum Gasteiger partial charge on any atom is 0.239 e. The second-order valence-electron chi connectivity index (χ2n) is 7.61. The van der Waals surface area contributed by atoms with Crippen molar-refractivity contribution >= 4 is 11.0 Å². The minimum Gasteiger partial charge on any atom is -0.507 e. The summed E-state index contributed by atoms with van der Waals surface area (Å²) in [4.78, 5) is 13.4. The lowest BCUT2D eigenvalue weighted by Gasteiger charge is -2.38. The molecule has 5 atom stereocenters. The summed E-state index contributed by atoms with van der Waals surface area (Å²) in [6.45, 7) is 1.44. The highest BCUT2D eigenvalue weighted by atomic mass is 16.7. The van der Waals surface area contributed by atoms with Crippen LogP contribution < -0.4 is 14.9 Å². The van der Waals surface area contributed by atoms with E-state index < -0.39 is 59.1 Å². The molecule has 0 amide bonds. The maximum atomic E-state index is 13.4. The molecule has 1 saturated heterocycles. The number of phenols is 3. The van der Waals surface area contributed by atoms with E-state index in [1.54, 1.807) is 0 Å². The smallest absolute Gasteiger partial charge is 0.239 e. The van der Waals surface area contributed by atoms with Crippen LogP contribution in [-0.2, 0) is 4.74 Å². The Labute approximate surface area is 186 Å². The lowest BCUT2D eigenvalue weighted by Crippen LogP contribution is -2.58. The predicted molar refractivity (Wildman–Crippen MR) is 112 cm³/mol. The molecule has 1 unspecified atom stereocenters. The summed E-state index contributed by atoms with van der Waals surface area (Å²) < 4.78 is 22.0. The van der Waals surface area contributed by atoms with Gasteiger partial charge in [0.05, 0.1) is 13.2 Å². The summed E-state index contributed by atoms with van der Waals surface area (Å²) in [6, 6.07) is 6.17. The molecule has 11 nitrogen and oxygen atoms in total. The van der Waals surface area contributed by atoms with Crippen molar-refractivity contribution in [3.8, 4) is 40.1 Å². The van der Waals surface area contributed by atoms with Gasteiger partial charge in [-0.2, -0.15) is 0 Å². The van der Waals surface area contributed by atoms with Crippen molar-refractivity contribution in [2.24, 2.45) is 0 Å². The number of rotatable bonds is 4. The van der Waals surface area contributed by atoms with Crippen molar-refractivity contribution in [1.82, 2.24) is 0 Å². The van der Waals surface area contributed by atoms with E-state index in [1.165, 1.54) is 32.2 Å². The largest absolute Gasteiger partial charge is 0.507 e. The fraction of sp³-hybridized carbons (Fsp3) is 0.318. The first-order chi connectivity index (χ1) is 15.6. The van der Waals surface area contributed by atoms with Crippen molar-refractivity contribution in [3.05, 3.63) is 40.6 Å². The van der Waals surface area contributed by atoms with Gasteiger partial charge >= 0.3 is 0 Å². The minimum atomic E-state index is -1.73. The first kappa shape index (κ1) is 22.7. The highest BCUT2D eigenvalue weighted by molar-refractivity contribution is 5.88. The number of aliphatic hydroxyl groups is 3. The Morgan fingerprint density at radius 1 is 0.909 bits per heavy atom. The predicted octanol–water partition coefficient (Wildman–Crippen LogP) is 0.792. The second-order valence-corrected chi connectivity index (χ2v) is 7.61. The fourth-order valence-corrected chi connectivity index (χ4v) is 3.56. The molecule has 0 aliphatic carbocycles. The van der Waals surface area contributed by atoms with Gasteiger partial charge in [-0.3, -0.25) is 4.79 Å². The molecule has 6 N–H and O–H groups in total.